The number of hydrogen-bond acceptors (Lipinski definition) is 4. The maximum absolute atomic E-state index is 7.01. The Morgan fingerprint density at radius 2 is 2.00 bits per heavy atom. The van der Waals surface area contributed by atoms with Crippen LogP contribution in [0.5, 0.6) is 0 Å². The number of nitrogens with one attached hydrogen (secondary N) is 1. The zero-order valence-electron chi connectivity index (χ0n) is 4.72. The lowest BCUT2D eigenvalue weighted by atomic mass is 10.2. The van der Waals surface area contributed by atoms with Crippen molar-refractivity contribution in [1.29, 1.82) is 5.41 Å². The van der Waals surface area contributed by atoms with Crippen molar-refractivity contribution in [3.8, 4) is 0 Å². The van der Waals surface area contributed by atoms with Gasteiger partial charge >= 0.3 is 0 Å². The monoisotopic (exact) mass is 116 g/mol. The summed E-state index contributed by atoms with van der Waals surface area (Å²) in [6, 6.07) is -0.347. The third kappa shape index (κ3) is 2.02. The van der Waals surface area contributed by atoms with E-state index in [4.69, 9.17) is 22.6 Å². The van der Waals surface area contributed by atoms with Crippen molar-refractivity contribution < 1.29 is 0 Å². The summed E-state index contributed by atoms with van der Waals surface area (Å²) in [4.78, 5) is 0. The van der Waals surface area contributed by atoms with Crippen molar-refractivity contribution in [2.45, 2.75) is 6.04 Å². The highest BCUT2D eigenvalue weighted by Gasteiger charge is 2.02. The first-order chi connectivity index (χ1) is 3.72. The summed E-state index contributed by atoms with van der Waals surface area (Å²) >= 11 is 0. The summed E-state index contributed by atoms with van der Waals surface area (Å²) in [7, 11) is 0. The second-order valence-corrected chi connectivity index (χ2v) is 1.57. The second kappa shape index (κ2) is 3.54. The van der Waals surface area contributed by atoms with Crippen molar-refractivity contribution in [3.05, 3.63) is 0 Å². The van der Waals surface area contributed by atoms with Crippen LogP contribution in [-0.4, -0.2) is 24.8 Å². The number of rotatable bonds is 3. The van der Waals surface area contributed by atoms with E-state index in [0.29, 0.717) is 12.3 Å². The van der Waals surface area contributed by atoms with Gasteiger partial charge in [0, 0.05) is 18.8 Å². The normalized spacial score (nSPS) is 13.4. The van der Waals surface area contributed by atoms with E-state index in [0.717, 1.165) is 0 Å². The zero-order chi connectivity index (χ0) is 6.57. The van der Waals surface area contributed by atoms with Crippen LogP contribution >= 0.6 is 0 Å². The first kappa shape index (κ1) is 7.55. The van der Waals surface area contributed by atoms with Gasteiger partial charge in [0.2, 0.25) is 0 Å². The first-order valence-corrected chi connectivity index (χ1v) is 2.45. The van der Waals surface area contributed by atoms with Gasteiger partial charge in [0.15, 0.2) is 0 Å². The molecule has 0 saturated carbocycles. The molecule has 48 valence electrons. The van der Waals surface area contributed by atoms with E-state index in [1.807, 2.05) is 0 Å². The Bertz CT molecular complexity index is 80.1. The highest BCUT2D eigenvalue weighted by atomic mass is 14.8. The standard InChI is InChI=1S/C4H12N4/c5-1-3(7)4(8)2-6/h3,8H,1-2,5-7H2. The van der Waals surface area contributed by atoms with Gasteiger partial charge in [-0.2, -0.15) is 0 Å². The van der Waals surface area contributed by atoms with Gasteiger partial charge in [0.1, 0.15) is 0 Å². The van der Waals surface area contributed by atoms with Crippen molar-refractivity contribution >= 4 is 5.71 Å². The molecule has 0 radical (unpaired) electrons. The van der Waals surface area contributed by atoms with Gasteiger partial charge in [-0.3, -0.25) is 0 Å². The minimum absolute atomic E-state index is 0.207. The molecule has 0 aromatic carbocycles. The molecular formula is C4H12N4. The fourth-order valence-corrected chi connectivity index (χ4v) is 0.294. The van der Waals surface area contributed by atoms with Gasteiger partial charge in [-0.15, -0.1) is 0 Å². The zero-order valence-corrected chi connectivity index (χ0v) is 4.72. The Balaban J connectivity index is 3.46. The van der Waals surface area contributed by atoms with Gasteiger partial charge in [0.05, 0.1) is 6.04 Å². The second-order valence-electron chi connectivity index (χ2n) is 1.57. The van der Waals surface area contributed by atoms with Crippen LogP contribution in [0.1, 0.15) is 0 Å². The molecule has 0 aliphatic heterocycles. The van der Waals surface area contributed by atoms with Crippen LogP contribution in [0, 0.1) is 5.41 Å². The molecule has 0 aromatic heterocycles. The van der Waals surface area contributed by atoms with E-state index in [-0.39, 0.29) is 12.6 Å². The van der Waals surface area contributed by atoms with Crippen molar-refractivity contribution in [2.24, 2.45) is 17.2 Å². The third-order valence-corrected chi connectivity index (χ3v) is 0.921. The molecule has 4 nitrogen and oxygen atoms in total. The predicted octanol–water partition coefficient (Wildman–Crippen LogP) is -1.75. The highest BCUT2D eigenvalue weighted by Crippen LogP contribution is 1.73. The van der Waals surface area contributed by atoms with Gasteiger partial charge in [-0.05, 0) is 0 Å². The van der Waals surface area contributed by atoms with Crippen LogP contribution in [0.3, 0.4) is 0 Å². The summed E-state index contributed by atoms with van der Waals surface area (Å²) in [6.45, 7) is 0.508. The fourth-order valence-electron chi connectivity index (χ4n) is 0.294. The van der Waals surface area contributed by atoms with E-state index >= 15 is 0 Å². The lowest BCUT2D eigenvalue weighted by Crippen LogP contribution is -2.40. The van der Waals surface area contributed by atoms with E-state index in [1.54, 1.807) is 0 Å². The summed E-state index contributed by atoms with van der Waals surface area (Å²) < 4.78 is 0. The predicted molar refractivity (Wildman–Crippen MR) is 33.8 cm³/mol. The lowest BCUT2D eigenvalue weighted by Gasteiger charge is -2.06. The molecule has 1 unspecified atom stereocenters. The highest BCUT2D eigenvalue weighted by molar-refractivity contribution is 5.88. The van der Waals surface area contributed by atoms with Gasteiger partial charge < -0.3 is 22.6 Å². The molecule has 0 aliphatic rings. The van der Waals surface area contributed by atoms with Crippen molar-refractivity contribution in [1.82, 2.24) is 0 Å². The maximum atomic E-state index is 7.01. The van der Waals surface area contributed by atoms with E-state index in [1.165, 1.54) is 0 Å². The lowest BCUT2D eigenvalue weighted by molar-refractivity contribution is 0.842. The summed E-state index contributed by atoms with van der Waals surface area (Å²) in [5, 5.41) is 7.01. The smallest absolute Gasteiger partial charge is 0.0560 e. The Kier molecular flexibility index (Phi) is 3.34. The molecule has 0 aromatic rings. The molecule has 0 aliphatic carbocycles. The number of nitrogens with two attached hydrogens (primary N) is 3. The molecule has 7 N–H and O–H groups in total. The molecule has 0 bridgehead atoms. The molecule has 0 spiro atoms. The van der Waals surface area contributed by atoms with Crippen LogP contribution in [0.4, 0.5) is 0 Å². The molecule has 0 fully saturated rings. The van der Waals surface area contributed by atoms with Gasteiger partial charge in [-0.25, -0.2) is 0 Å². The molecule has 4 heteroatoms. The SMILES string of the molecule is N=C(CN)C(N)CN. The molecule has 0 rings (SSSR count). The summed E-state index contributed by atoms with van der Waals surface area (Å²) in [6.07, 6.45) is 0. The van der Waals surface area contributed by atoms with Crippen LogP contribution in [-0.2, 0) is 0 Å². The fraction of sp³-hybridized carbons (Fsp3) is 0.750. The Morgan fingerprint density at radius 3 is 2.12 bits per heavy atom. The number of hydrogen-bond donors (Lipinski definition) is 4. The molecule has 8 heavy (non-hydrogen) atoms. The van der Waals surface area contributed by atoms with Crippen LogP contribution in [0.2, 0.25) is 0 Å². The largest absolute Gasteiger partial charge is 0.329 e. The van der Waals surface area contributed by atoms with Gasteiger partial charge in [-0.1, -0.05) is 0 Å². The molecular weight excluding hydrogens is 104 g/mol. The topological polar surface area (TPSA) is 102 Å². The molecule has 0 saturated heterocycles. The third-order valence-electron chi connectivity index (χ3n) is 0.921. The Morgan fingerprint density at radius 1 is 1.50 bits per heavy atom. The summed E-state index contributed by atoms with van der Waals surface area (Å²) in [5.41, 5.74) is 15.8. The first-order valence-electron chi connectivity index (χ1n) is 2.45. The Labute approximate surface area is 48.5 Å². The van der Waals surface area contributed by atoms with Gasteiger partial charge in [0.25, 0.3) is 0 Å². The van der Waals surface area contributed by atoms with E-state index in [2.05, 4.69) is 0 Å². The van der Waals surface area contributed by atoms with Crippen LogP contribution < -0.4 is 17.2 Å². The van der Waals surface area contributed by atoms with Crippen molar-refractivity contribution in [2.75, 3.05) is 13.1 Å². The minimum atomic E-state index is -0.347. The van der Waals surface area contributed by atoms with Crippen LogP contribution in [0.25, 0.3) is 0 Å². The maximum Gasteiger partial charge on any atom is 0.0560 e. The molecule has 0 heterocycles. The van der Waals surface area contributed by atoms with Crippen molar-refractivity contribution in [3.63, 3.8) is 0 Å². The average Bonchev–Trinajstić information content (AvgIpc) is 1.84. The quantitative estimate of drug-likeness (QED) is 0.329. The van der Waals surface area contributed by atoms with E-state index in [9.17, 15) is 0 Å². The molecule has 0 amide bonds. The molecule has 1 atom stereocenters. The van der Waals surface area contributed by atoms with E-state index < -0.39 is 0 Å². The van der Waals surface area contributed by atoms with Crippen LogP contribution in [0.15, 0.2) is 0 Å². The Hall–Kier alpha value is -0.450. The average molecular weight is 116 g/mol. The minimum Gasteiger partial charge on any atom is -0.329 e. The summed E-state index contributed by atoms with van der Waals surface area (Å²) in [5.74, 6) is 0.